The number of nitrogens with zero attached hydrogens (tertiary/aromatic N) is 2. The molecule has 0 radical (unpaired) electrons. The molecule has 1 aromatic heterocycles. The number of hydrogen-bond donors (Lipinski definition) is 3. The lowest BCUT2D eigenvalue weighted by molar-refractivity contribution is -0.121. The van der Waals surface area contributed by atoms with Crippen molar-refractivity contribution in [1.29, 1.82) is 0 Å². The number of guanidine groups is 1. The number of carbonyl (C=O) groups is 1. The summed E-state index contributed by atoms with van der Waals surface area (Å²) in [4.78, 5) is 20.7. The molecule has 1 aromatic carbocycles. The number of rotatable bonds is 7. The number of carbonyl (C=O) groups excluding carboxylic acids is 1. The first-order valence-electron chi connectivity index (χ1n) is 9.98. The lowest BCUT2D eigenvalue weighted by Gasteiger charge is -2.22. The Morgan fingerprint density at radius 3 is 2.71 bits per heavy atom. The SMILES string of the molecule is CN=C(NCCC(=O)NC1CCCCC1)NCc1coc(-c2ccccc2)n1. The van der Waals surface area contributed by atoms with Crippen molar-refractivity contribution in [2.45, 2.75) is 51.1 Å². The number of benzene rings is 1. The topological polar surface area (TPSA) is 91.5 Å². The summed E-state index contributed by atoms with van der Waals surface area (Å²) in [5.74, 6) is 1.33. The van der Waals surface area contributed by atoms with Gasteiger partial charge in [0.05, 0.1) is 12.2 Å². The van der Waals surface area contributed by atoms with Crippen LogP contribution in [0.2, 0.25) is 0 Å². The third kappa shape index (κ3) is 6.11. The monoisotopic (exact) mass is 383 g/mol. The predicted molar refractivity (Wildman–Crippen MR) is 110 cm³/mol. The lowest BCUT2D eigenvalue weighted by Crippen LogP contribution is -2.41. The van der Waals surface area contributed by atoms with Gasteiger partial charge in [0.2, 0.25) is 11.8 Å². The van der Waals surface area contributed by atoms with E-state index in [9.17, 15) is 4.79 Å². The molecule has 7 heteroatoms. The number of aliphatic imine (C=N–C) groups is 1. The Bertz CT molecular complexity index is 766. The van der Waals surface area contributed by atoms with Gasteiger partial charge in [0.15, 0.2) is 5.96 Å². The lowest BCUT2D eigenvalue weighted by atomic mass is 9.95. The van der Waals surface area contributed by atoms with E-state index in [-0.39, 0.29) is 5.91 Å². The number of hydrogen-bond acceptors (Lipinski definition) is 4. The molecule has 1 fully saturated rings. The van der Waals surface area contributed by atoms with Gasteiger partial charge in [-0.25, -0.2) is 4.98 Å². The Balaban J connectivity index is 1.38. The first-order chi connectivity index (χ1) is 13.7. The van der Waals surface area contributed by atoms with Gasteiger partial charge in [-0.05, 0) is 25.0 Å². The second kappa shape index (κ2) is 10.5. The Labute approximate surface area is 166 Å². The Morgan fingerprint density at radius 2 is 1.96 bits per heavy atom. The molecule has 1 saturated carbocycles. The van der Waals surface area contributed by atoms with Crippen LogP contribution in [0.1, 0.15) is 44.2 Å². The maximum absolute atomic E-state index is 12.1. The van der Waals surface area contributed by atoms with Gasteiger partial charge in [0, 0.05) is 31.6 Å². The number of amides is 1. The third-order valence-corrected chi connectivity index (χ3v) is 4.85. The van der Waals surface area contributed by atoms with Crippen LogP contribution >= 0.6 is 0 Å². The van der Waals surface area contributed by atoms with Crippen molar-refractivity contribution in [3.05, 3.63) is 42.3 Å². The molecule has 1 aliphatic rings. The second-order valence-electron chi connectivity index (χ2n) is 7.02. The number of nitrogens with one attached hydrogen (secondary N) is 3. The average Bonchev–Trinajstić information content (AvgIpc) is 3.21. The summed E-state index contributed by atoms with van der Waals surface area (Å²) in [5.41, 5.74) is 1.73. The van der Waals surface area contributed by atoms with Crippen LogP contribution in [0.4, 0.5) is 0 Å². The summed E-state index contributed by atoms with van der Waals surface area (Å²) in [6.07, 6.45) is 7.99. The Hall–Kier alpha value is -2.83. The zero-order valence-corrected chi connectivity index (χ0v) is 16.4. The highest BCUT2D eigenvalue weighted by Gasteiger charge is 2.15. The highest BCUT2D eigenvalue weighted by molar-refractivity contribution is 5.81. The van der Waals surface area contributed by atoms with Crippen LogP contribution in [0.25, 0.3) is 11.5 Å². The van der Waals surface area contributed by atoms with Gasteiger partial charge in [0.25, 0.3) is 0 Å². The summed E-state index contributed by atoms with van der Waals surface area (Å²) in [7, 11) is 1.70. The zero-order chi connectivity index (χ0) is 19.6. The van der Waals surface area contributed by atoms with Gasteiger partial charge >= 0.3 is 0 Å². The average molecular weight is 383 g/mol. The summed E-state index contributed by atoms with van der Waals surface area (Å²) < 4.78 is 5.54. The maximum atomic E-state index is 12.1. The van der Waals surface area contributed by atoms with E-state index in [2.05, 4.69) is 25.9 Å². The molecule has 0 spiro atoms. The molecule has 150 valence electrons. The quantitative estimate of drug-likeness (QED) is 0.505. The highest BCUT2D eigenvalue weighted by atomic mass is 16.3. The molecule has 3 N–H and O–H groups in total. The fourth-order valence-corrected chi connectivity index (χ4v) is 3.34. The minimum absolute atomic E-state index is 0.0962. The van der Waals surface area contributed by atoms with Crippen LogP contribution < -0.4 is 16.0 Å². The van der Waals surface area contributed by atoms with Crippen molar-refractivity contribution in [2.24, 2.45) is 4.99 Å². The van der Waals surface area contributed by atoms with Gasteiger partial charge < -0.3 is 20.4 Å². The molecule has 3 rings (SSSR count). The first kappa shape index (κ1) is 19.9. The standard InChI is InChI=1S/C21H29N5O2/c1-22-21(23-13-12-19(27)25-17-10-6-3-7-11-17)24-14-18-15-28-20(26-18)16-8-4-2-5-9-16/h2,4-5,8-9,15,17H,3,6-7,10-14H2,1H3,(H,25,27)(H2,22,23,24). The molecule has 1 amide bonds. The molecule has 0 unspecified atom stereocenters. The van der Waals surface area contributed by atoms with Crippen molar-refractivity contribution in [3.8, 4) is 11.5 Å². The van der Waals surface area contributed by atoms with Crippen molar-refractivity contribution in [1.82, 2.24) is 20.9 Å². The predicted octanol–water partition coefficient (Wildman–Crippen LogP) is 2.85. The van der Waals surface area contributed by atoms with Crippen molar-refractivity contribution >= 4 is 11.9 Å². The van der Waals surface area contributed by atoms with Crippen molar-refractivity contribution in [2.75, 3.05) is 13.6 Å². The van der Waals surface area contributed by atoms with Crippen LogP contribution in [-0.2, 0) is 11.3 Å². The molecular formula is C21H29N5O2. The van der Waals surface area contributed by atoms with Gasteiger partial charge in [-0.1, -0.05) is 37.5 Å². The molecular weight excluding hydrogens is 354 g/mol. The van der Waals surface area contributed by atoms with E-state index in [1.807, 2.05) is 30.3 Å². The fourth-order valence-electron chi connectivity index (χ4n) is 3.34. The van der Waals surface area contributed by atoms with Gasteiger partial charge in [-0.3, -0.25) is 9.79 Å². The van der Waals surface area contributed by atoms with Crippen LogP contribution in [0.3, 0.4) is 0 Å². The van der Waals surface area contributed by atoms with Gasteiger partial charge in [-0.2, -0.15) is 0 Å². The van der Waals surface area contributed by atoms with Gasteiger partial charge in [-0.15, -0.1) is 0 Å². The summed E-state index contributed by atoms with van der Waals surface area (Å²) in [5, 5.41) is 9.48. The zero-order valence-electron chi connectivity index (χ0n) is 16.4. The van der Waals surface area contributed by atoms with Crippen LogP contribution in [0.5, 0.6) is 0 Å². The number of oxazole rings is 1. The molecule has 0 aliphatic heterocycles. The second-order valence-corrected chi connectivity index (χ2v) is 7.02. The Morgan fingerprint density at radius 1 is 1.18 bits per heavy atom. The first-order valence-corrected chi connectivity index (χ1v) is 9.98. The van der Waals surface area contributed by atoms with Crippen LogP contribution in [0, 0.1) is 0 Å². The van der Waals surface area contributed by atoms with Crippen molar-refractivity contribution in [3.63, 3.8) is 0 Å². The van der Waals surface area contributed by atoms with Crippen LogP contribution in [-0.4, -0.2) is 36.5 Å². The fraction of sp³-hybridized carbons (Fsp3) is 0.476. The molecule has 28 heavy (non-hydrogen) atoms. The molecule has 2 aromatic rings. The molecule has 7 nitrogen and oxygen atoms in total. The van der Waals surface area contributed by atoms with E-state index in [0.717, 1.165) is 24.1 Å². The van der Waals surface area contributed by atoms with E-state index in [0.29, 0.717) is 37.4 Å². The summed E-state index contributed by atoms with van der Waals surface area (Å²) >= 11 is 0. The van der Waals surface area contributed by atoms with Crippen molar-refractivity contribution < 1.29 is 9.21 Å². The third-order valence-electron chi connectivity index (χ3n) is 4.85. The molecule has 0 bridgehead atoms. The smallest absolute Gasteiger partial charge is 0.226 e. The molecule has 0 saturated heterocycles. The largest absolute Gasteiger partial charge is 0.444 e. The number of aromatic nitrogens is 1. The minimum atomic E-state index is 0.0962. The molecule has 1 heterocycles. The minimum Gasteiger partial charge on any atom is -0.444 e. The molecule has 1 aliphatic carbocycles. The summed E-state index contributed by atoms with van der Waals surface area (Å²) in [6.45, 7) is 1.02. The highest BCUT2D eigenvalue weighted by Crippen LogP contribution is 2.18. The van der Waals surface area contributed by atoms with E-state index < -0.39 is 0 Å². The van der Waals surface area contributed by atoms with E-state index in [1.165, 1.54) is 19.3 Å². The van der Waals surface area contributed by atoms with E-state index in [4.69, 9.17) is 4.42 Å². The van der Waals surface area contributed by atoms with E-state index >= 15 is 0 Å². The normalized spacial score (nSPS) is 15.2. The maximum Gasteiger partial charge on any atom is 0.226 e. The Kier molecular flexibility index (Phi) is 7.46. The van der Waals surface area contributed by atoms with Crippen LogP contribution in [0.15, 0.2) is 46.0 Å². The summed E-state index contributed by atoms with van der Waals surface area (Å²) in [6, 6.07) is 10.1. The van der Waals surface area contributed by atoms with E-state index in [1.54, 1.807) is 13.3 Å². The molecule has 0 atom stereocenters. The van der Waals surface area contributed by atoms with Gasteiger partial charge in [0.1, 0.15) is 6.26 Å².